The Morgan fingerprint density at radius 1 is 1.27 bits per heavy atom. The Hall–Kier alpha value is -0.530. The van der Waals surface area contributed by atoms with Crippen LogP contribution < -0.4 is 5.32 Å². The molecule has 1 N–H and O–H groups in total. The smallest absolute Gasteiger partial charge is 0.0799 e. The number of nitrogens with one attached hydrogen (secondary N) is 1. The molecule has 0 bridgehead atoms. The van der Waals surface area contributed by atoms with Gasteiger partial charge in [-0.05, 0) is 23.5 Å². The van der Waals surface area contributed by atoms with Crippen molar-refractivity contribution in [3.8, 4) is 0 Å². The average molecular weight is 226 g/mol. The van der Waals surface area contributed by atoms with Crippen molar-refractivity contribution in [1.82, 2.24) is 5.32 Å². The Morgan fingerprint density at radius 2 is 1.87 bits per heavy atom. The molecule has 0 aromatic heterocycles. The zero-order valence-electron chi connectivity index (χ0n) is 9.97. The summed E-state index contributed by atoms with van der Waals surface area (Å²) in [6.07, 6.45) is 0. The minimum Gasteiger partial charge on any atom is -0.297 e. The summed E-state index contributed by atoms with van der Waals surface area (Å²) >= 11 is 5.88. The van der Waals surface area contributed by atoms with Crippen LogP contribution in [0.2, 0.25) is 0 Å². The first-order valence-electron chi connectivity index (χ1n) is 5.37. The van der Waals surface area contributed by atoms with E-state index in [0.717, 1.165) is 6.54 Å². The molecule has 1 atom stereocenters. The van der Waals surface area contributed by atoms with E-state index in [1.807, 2.05) is 6.92 Å². The minimum atomic E-state index is 0.0121. The van der Waals surface area contributed by atoms with E-state index in [0.29, 0.717) is 0 Å². The molecular formula is C13H20ClN. The molecular weight excluding hydrogens is 206 g/mol. The zero-order valence-corrected chi connectivity index (χ0v) is 10.7. The Morgan fingerprint density at radius 3 is 2.40 bits per heavy atom. The van der Waals surface area contributed by atoms with Crippen molar-refractivity contribution in [2.75, 3.05) is 0 Å². The molecule has 84 valence electrons. The van der Waals surface area contributed by atoms with Crippen molar-refractivity contribution in [2.45, 2.75) is 45.2 Å². The lowest BCUT2D eigenvalue weighted by Gasteiger charge is -2.23. The van der Waals surface area contributed by atoms with Crippen molar-refractivity contribution in [3.05, 3.63) is 35.4 Å². The topological polar surface area (TPSA) is 12.0 Å². The van der Waals surface area contributed by atoms with Crippen LogP contribution in [0.15, 0.2) is 24.3 Å². The first-order valence-corrected chi connectivity index (χ1v) is 5.81. The molecule has 15 heavy (non-hydrogen) atoms. The third kappa shape index (κ3) is 3.84. The normalized spacial score (nSPS) is 13.9. The van der Waals surface area contributed by atoms with Gasteiger partial charge < -0.3 is 0 Å². The van der Waals surface area contributed by atoms with E-state index in [2.05, 4.69) is 50.4 Å². The number of alkyl halides is 1. The van der Waals surface area contributed by atoms with Gasteiger partial charge in [-0.15, -0.1) is 11.6 Å². The van der Waals surface area contributed by atoms with Crippen molar-refractivity contribution < 1.29 is 0 Å². The van der Waals surface area contributed by atoms with Gasteiger partial charge in [0.15, 0.2) is 0 Å². The first-order chi connectivity index (χ1) is 6.91. The van der Waals surface area contributed by atoms with Crippen LogP contribution >= 0.6 is 11.6 Å². The second kappa shape index (κ2) is 5.00. The highest BCUT2D eigenvalue weighted by Crippen LogP contribution is 2.25. The molecule has 1 nitrogen and oxygen atoms in total. The minimum absolute atomic E-state index is 0.0121. The molecule has 1 aromatic rings. The molecule has 0 saturated heterocycles. The van der Waals surface area contributed by atoms with Crippen LogP contribution in [0.4, 0.5) is 0 Å². The van der Waals surface area contributed by atoms with Crippen molar-refractivity contribution in [2.24, 2.45) is 0 Å². The summed E-state index contributed by atoms with van der Waals surface area (Å²) in [6.45, 7) is 9.47. The lowest BCUT2D eigenvalue weighted by atomic mass is 9.84. The van der Waals surface area contributed by atoms with E-state index in [9.17, 15) is 0 Å². The number of halogens is 1. The quantitative estimate of drug-likeness (QED) is 0.612. The maximum Gasteiger partial charge on any atom is 0.0799 e. The fourth-order valence-electron chi connectivity index (χ4n) is 1.66. The van der Waals surface area contributed by atoms with Gasteiger partial charge in [0, 0.05) is 6.54 Å². The zero-order chi connectivity index (χ0) is 11.5. The van der Waals surface area contributed by atoms with E-state index >= 15 is 0 Å². The van der Waals surface area contributed by atoms with Crippen LogP contribution in [0.1, 0.15) is 38.8 Å². The number of hydrogen-bond donors (Lipinski definition) is 1. The summed E-state index contributed by atoms with van der Waals surface area (Å²) in [4.78, 5) is 0. The number of hydrogen-bond acceptors (Lipinski definition) is 1. The Labute approximate surface area is 97.8 Å². The molecule has 0 radical (unpaired) electrons. The SMILES string of the molecule is CC(Cl)NCc1ccccc1C(C)(C)C. The van der Waals surface area contributed by atoms with E-state index in [1.54, 1.807) is 0 Å². The molecule has 0 amide bonds. The highest BCUT2D eigenvalue weighted by molar-refractivity contribution is 6.20. The van der Waals surface area contributed by atoms with Gasteiger partial charge in [0.2, 0.25) is 0 Å². The largest absolute Gasteiger partial charge is 0.297 e. The van der Waals surface area contributed by atoms with E-state index < -0.39 is 0 Å². The Bertz CT molecular complexity index is 313. The molecule has 1 unspecified atom stereocenters. The average Bonchev–Trinajstić information content (AvgIpc) is 2.13. The summed E-state index contributed by atoms with van der Waals surface area (Å²) < 4.78 is 0. The summed E-state index contributed by atoms with van der Waals surface area (Å²) in [5.41, 5.74) is 2.92. The monoisotopic (exact) mass is 225 g/mol. The lowest BCUT2D eigenvalue weighted by Crippen LogP contribution is -2.23. The lowest BCUT2D eigenvalue weighted by molar-refractivity contribution is 0.572. The molecule has 0 saturated carbocycles. The fraction of sp³-hybridized carbons (Fsp3) is 0.538. The maximum atomic E-state index is 5.88. The van der Waals surface area contributed by atoms with Gasteiger partial charge in [-0.3, -0.25) is 5.32 Å². The molecule has 0 aliphatic carbocycles. The molecule has 0 aliphatic heterocycles. The van der Waals surface area contributed by atoms with Crippen LogP contribution in [-0.4, -0.2) is 5.50 Å². The maximum absolute atomic E-state index is 5.88. The molecule has 1 rings (SSSR count). The van der Waals surface area contributed by atoms with Gasteiger partial charge in [-0.25, -0.2) is 0 Å². The molecule has 0 spiro atoms. The summed E-state index contributed by atoms with van der Waals surface area (Å²) in [7, 11) is 0. The predicted octanol–water partition coefficient (Wildman–Crippen LogP) is 3.66. The second-order valence-electron chi connectivity index (χ2n) is 4.90. The highest BCUT2D eigenvalue weighted by atomic mass is 35.5. The number of rotatable bonds is 3. The van der Waals surface area contributed by atoms with Crippen molar-refractivity contribution in [3.63, 3.8) is 0 Å². The van der Waals surface area contributed by atoms with Gasteiger partial charge in [0.25, 0.3) is 0 Å². The predicted molar refractivity (Wildman–Crippen MR) is 67.3 cm³/mol. The Balaban J connectivity index is 2.87. The van der Waals surface area contributed by atoms with Crippen molar-refractivity contribution >= 4 is 11.6 Å². The van der Waals surface area contributed by atoms with Crippen LogP contribution in [0.5, 0.6) is 0 Å². The third-order valence-electron chi connectivity index (χ3n) is 2.40. The van der Waals surface area contributed by atoms with E-state index in [1.165, 1.54) is 11.1 Å². The standard InChI is InChI=1S/C13H20ClN/c1-10(14)15-9-11-7-5-6-8-12(11)13(2,3)4/h5-8,10,15H,9H2,1-4H3. The van der Waals surface area contributed by atoms with Gasteiger partial charge in [-0.2, -0.15) is 0 Å². The first kappa shape index (κ1) is 12.5. The van der Waals surface area contributed by atoms with Gasteiger partial charge in [0.05, 0.1) is 5.50 Å². The van der Waals surface area contributed by atoms with Gasteiger partial charge in [-0.1, -0.05) is 45.0 Å². The van der Waals surface area contributed by atoms with Gasteiger partial charge >= 0.3 is 0 Å². The summed E-state index contributed by atoms with van der Waals surface area (Å²) in [5, 5.41) is 3.24. The van der Waals surface area contributed by atoms with Crippen LogP contribution in [-0.2, 0) is 12.0 Å². The second-order valence-corrected chi connectivity index (χ2v) is 5.56. The Kier molecular flexibility index (Phi) is 4.18. The third-order valence-corrected chi connectivity index (χ3v) is 2.55. The molecule has 2 heteroatoms. The number of benzene rings is 1. The highest BCUT2D eigenvalue weighted by Gasteiger charge is 2.16. The van der Waals surface area contributed by atoms with Gasteiger partial charge in [0.1, 0.15) is 0 Å². The molecule has 0 aliphatic rings. The summed E-state index contributed by atoms with van der Waals surface area (Å²) in [6, 6.07) is 8.52. The van der Waals surface area contributed by atoms with Crippen LogP contribution in [0, 0.1) is 0 Å². The molecule has 0 fully saturated rings. The van der Waals surface area contributed by atoms with Crippen LogP contribution in [0.25, 0.3) is 0 Å². The fourth-order valence-corrected chi connectivity index (χ4v) is 1.73. The van der Waals surface area contributed by atoms with E-state index in [4.69, 9.17) is 11.6 Å². The summed E-state index contributed by atoms with van der Waals surface area (Å²) in [5.74, 6) is 0. The molecule has 1 aromatic carbocycles. The van der Waals surface area contributed by atoms with Crippen LogP contribution in [0.3, 0.4) is 0 Å². The molecule has 0 heterocycles. The van der Waals surface area contributed by atoms with E-state index in [-0.39, 0.29) is 10.9 Å². The van der Waals surface area contributed by atoms with Crippen molar-refractivity contribution in [1.29, 1.82) is 0 Å².